The van der Waals surface area contributed by atoms with E-state index in [0.29, 0.717) is 12.5 Å². The molecule has 0 spiro atoms. The first-order chi connectivity index (χ1) is 10.00. The molecule has 3 heterocycles. The summed E-state index contributed by atoms with van der Waals surface area (Å²) in [4.78, 5) is 27.0. The number of nitrogens with zero attached hydrogens (tertiary/aromatic N) is 2. The Morgan fingerprint density at radius 1 is 1.48 bits per heavy atom. The predicted octanol–water partition coefficient (Wildman–Crippen LogP) is 2.23. The molecule has 2 atom stereocenters. The Hall–Kier alpha value is -1.30. The molecule has 0 aromatic rings. The molecule has 0 N–H and O–H groups in total. The van der Waals surface area contributed by atoms with Crippen LogP contribution < -0.4 is 0 Å². The van der Waals surface area contributed by atoms with E-state index in [2.05, 4.69) is 18.7 Å². The molecule has 0 saturated carbocycles. The smallest absolute Gasteiger partial charge is 0.419 e. The Bertz CT molecular complexity index is 439. The van der Waals surface area contributed by atoms with Gasteiger partial charge in [0.2, 0.25) is 0 Å². The number of amides is 2. The van der Waals surface area contributed by atoms with Crippen molar-refractivity contribution in [3.8, 4) is 0 Å². The summed E-state index contributed by atoms with van der Waals surface area (Å²) < 4.78 is 10.3. The van der Waals surface area contributed by atoms with Gasteiger partial charge in [-0.25, -0.2) is 14.5 Å². The molecular weight excluding hydrogens is 272 g/mol. The van der Waals surface area contributed by atoms with Gasteiger partial charge in [-0.15, -0.1) is 0 Å². The molecule has 0 aromatic heterocycles. The van der Waals surface area contributed by atoms with E-state index in [-0.39, 0.29) is 18.2 Å². The normalized spacial score (nSPS) is 32.6. The second kappa shape index (κ2) is 5.48. The second-order valence-electron chi connectivity index (χ2n) is 6.85. The summed E-state index contributed by atoms with van der Waals surface area (Å²) in [7, 11) is 0. The topological polar surface area (TPSA) is 59.1 Å². The van der Waals surface area contributed by atoms with Gasteiger partial charge in [0.15, 0.2) is 0 Å². The highest BCUT2D eigenvalue weighted by Crippen LogP contribution is 2.44. The first kappa shape index (κ1) is 14.6. The molecule has 21 heavy (non-hydrogen) atoms. The molecule has 3 aliphatic heterocycles. The molecule has 3 saturated heterocycles. The predicted molar refractivity (Wildman–Crippen MR) is 75.9 cm³/mol. The lowest BCUT2D eigenvalue weighted by molar-refractivity contribution is 0.0742. The summed E-state index contributed by atoms with van der Waals surface area (Å²) in [6.07, 6.45) is 3.20. The number of rotatable bonds is 3. The third-order valence-corrected chi connectivity index (χ3v) is 4.81. The molecule has 0 bridgehead atoms. The van der Waals surface area contributed by atoms with Gasteiger partial charge in [-0.1, -0.05) is 13.8 Å². The largest absolute Gasteiger partial charge is 0.447 e. The van der Waals surface area contributed by atoms with Crippen LogP contribution >= 0.6 is 0 Å². The maximum atomic E-state index is 12.0. The minimum atomic E-state index is -0.588. The summed E-state index contributed by atoms with van der Waals surface area (Å²) in [5.41, 5.74) is 0.199. The van der Waals surface area contributed by atoms with E-state index in [1.807, 2.05) is 0 Å². The summed E-state index contributed by atoms with van der Waals surface area (Å²) in [5, 5.41) is 0. The van der Waals surface area contributed by atoms with Gasteiger partial charge in [0.25, 0.3) is 0 Å². The number of carbonyl (C=O) groups is 2. The lowest BCUT2D eigenvalue weighted by Crippen LogP contribution is -2.39. The average molecular weight is 296 g/mol. The van der Waals surface area contributed by atoms with Crippen molar-refractivity contribution < 1.29 is 19.1 Å². The summed E-state index contributed by atoms with van der Waals surface area (Å²) in [6.45, 7) is 6.93. The minimum absolute atomic E-state index is 0.107. The van der Waals surface area contributed by atoms with Crippen LogP contribution in [-0.4, -0.2) is 59.9 Å². The van der Waals surface area contributed by atoms with Crippen LogP contribution in [0.1, 0.15) is 39.5 Å². The Morgan fingerprint density at radius 3 is 2.95 bits per heavy atom. The number of hydrogen-bond donors (Lipinski definition) is 0. The molecular formula is C15H24N2O4. The molecule has 3 rings (SSSR count). The van der Waals surface area contributed by atoms with Crippen molar-refractivity contribution in [3.63, 3.8) is 0 Å². The molecule has 6 nitrogen and oxygen atoms in total. The number of imide groups is 1. The van der Waals surface area contributed by atoms with Crippen molar-refractivity contribution in [3.05, 3.63) is 0 Å². The zero-order chi connectivity index (χ0) is 15.0. The number of hydrogen-bond acceptors (Lipinski definition) is 5. The lowest BCUT2D eigenvalue weighted by Gasteiger charge is -2.33. The van der Waals surface area contributed by atoms with Crippen molar-refractivity contribution >= 4 is 12.2 Å². The Balaban J connectivity index is 1.61. The molecule has 6 heteroatoms. The third-order valence-electron chi connectivity index (χ3n) is 4.81. The monoisotopic (exact) mass is 296 g/mol. The van der Waals surface area contributed by atoms with E-state index < -0.39 is 12.2 Å². The highest BCUT2D eigenvalue weighted by molar-refractivity contribution is 5.89. The van der Waals surface area contributed by atoms with Gasteiger partial charge in [-0.2, -0.15) is 0 Å². The van der Waals surface area contributed by atoms with Crippen LogP contribution in [0.25, 0.3) is 0 Å². The zero-order valence-electron chi connectivity index (χ0n) is 12.8. The first-order valence-corrected chi connectivity index (χ1v) is 7.90. The molecule has 0 aliphatic carbocycles. The summed E-state index contributed by atoms with van der Waals surface area (Å²) >= 11 is 0. The van der Waals surface area contributed by atoms with E-state index in [0.717, 1.165) is 30.8 Å². The van der Waals surface area contributed by atoms with Gasteiger partial charge in [0, 0.05) is 18.5 Å². The molecule has 0 unspecified atom stereocenters. The second-order valence-corrected chi connectivity index (χ2v) is 6.85. The molecule has 118 valence electrons. The lowest BCUT2D eigenvalue weighted by atomic mass is 9.85. The van der Waals surface area contributed by atoms with Crippen molar-refractivity contribution in [1.29, 1.82) is 0 Å². The van der Waals surface area contributed by atoms with Gasteiger partial charge in [0.05, 0.1) is 6.54 Å². The van der Waals surface area contributed by atoms with Gasteiger partial charge >= 0.3 is 12.2 Å². The first-order valence-electron chi connectivity index (χ1n) is 7.90. The molecule has 0 aromatic carbocycles. The van der Waals surface area contributed by atoms with Crippen molar-refractivity contribution in [2.75, 3.05) is 26.2 Å². The highest BCUT2D eigenvalue weighted by Gasteiger charge is 2.50. The Labute approximate surface area is 125 Å². The van der Waals surface area contributed by atoms with Crippen LogP contribution in [0.3, 0.4) is 0 Å². The van der Waals surface area contributed by atoms with Gasteiger partial charge in [0.1, 0.15) is 12.7 Å². The van der Waals surface area contributed by atoms with Crippen LogP contribution in [-0.2, 0) is 9.47 Å². The summed E-state index contributed by atoms with van der Waals surface area (Å²) in [6, 6.07) is 0. The number of carbonyl (C=O) groups excluding carboxylic acids is 2. The maximum absolute atomic E-state index is 12.0. The minimum Gasteiger partial charge on any atom is -0.447 e. The SMILES string of the molecule is CC(C)C[C@@]12CCCN1C[C@H](OC(=O)N1CCOC1=O)C2. The fraction of sp³-hybridized carbons (Fsp3) is 0.867. The fourth-order valence-electron chi connectivity index (χ4n) is 4.16. The Morgan fingerprint density at radius 2 is 2.29 bits per heavy atom. The quantitative estimate of drug-likeness (QED) is 0.799. The van der Waals surface area contributed by atoms with Crippen LogP contribution in [0, 0.1) is 5.92 Å². The maximum Gasteiger partial charge on any atom is 0.419 e. The number of cyclic esters (lactones) is 1. The van der Waals surface area contributed by atoms with Gasteiger partial charge in [-0.3, -0.25) is 4.90 Å². The van der Waals surface area contributed by atoms with Crippen molar-refractivity contribution in [2.45, 2.75) is 51.2 Å². The number of ether oxygens (including phenoxy) is 2. The van der Waals surface area contributed by atoms with E-state index in [4.69, 9.17) is 9.47 Å². The summed E-state index contributed by atoms with van der Waals surface area (Å²) in [5.74, 6) is 0.633. The van der Waals surface area contributed by atoms with Crippen LogP contribution in [0.4, 0.5) is 9.59 Å². The van der Waals surface area contributed by atoms with E-state index in [9.17, 15) is 9.59 Å². The molecule has 0 radical (unpaired) electrons. The van der Waals surface area contributed by atoms with E-state index in [1.165, 1.54) is 12.8 Å². The third kappa shape index (κ3) is 2.73. The number of fused-ring (bicyclic) bond motifs is 1. The highest BCUT2D eigenvalue weighted by atomic mass is 16.6. The Kier molecular flexibility index (Phi) is 3.82. The van der Waals surface area contributed by atoms with Crippen molar-refractivity contribution in [2.24, 2.45) is 5.92 Å². The molecule has 2 amide bonds. The van der Waals surface area contributed by atoms with Crippen LogP contribution in [0.5, 0.6) is 0 Å². The average Bonchev–Trinajstić information content (AvgIpc) is 3.02. The van der Waals surface area contributed by atoms with Gasteiger partial charge < -0.3 is 9.47 Å². The fourth-order valence-corrected chi connectivity index (χ4v) is 4.16. The molecule has 3 aliphatic rings. The van der Waals surface area contributed by atoms with Gasteiger partial charge in [-0.05, 0) is 31.7 Å². The van der Waals surface area contributed by atoms with E-state index in [1.54, 1.807) is 0 Å². The van der Waals surface area contributed by atoms with Crippen LogP contribution in [0.15, 0.2) is 0 Å². The van der Waals surface area contributed by atoms with Crippen LogP contribution in [0.2, 0.25) is 0 Å². The molecule has 3 fully saturated rings. The van der Waals surface area contributed by atoms with Crippen molar-refractivity contribution in [1.82, 2.24) is 9.80 Å². The standard InChI is InChI=1S/C15H24N2O4/c1-11(2)8-15-4-3-5-16(15)10-12(9-15)21-14(19)17-6-7-20-13(17)18/h11-12H,3-10H2,1-2H3/t12-,15-/m1/s1. The van der Waals surface area contributed by atoms with E-state index >= 15 is 0 Å². The zero-order valence-corrected chi connectivity index (χ0v) is 12.8.